The van der Waals surface area contributed by atoms with E-state index in [1.807, 2.05) is 6.07 Å². The van der Waals surface area contributed by atoms with Crippen LogP contribution in [-0.4, -0.2) is 17.2 Å². The van der Waals surface area contributed by atoms with Crippen LogP contribution in [0.5, 0.6) is 5.75 Å². The van der Waals surface area contributed by atoms with Crippen LogP contribution < -0.4 is 4.74 Å². The third-order valence-corrected chi connectivity index (χ3v) is 3.59. The highest BCUT2D eigenvalue weighted by Gasteiger charge is 2.26. The van der Waals surface area contributed by atoms with Gasteiger partial charge >= 0.3 is 0 Å². The molecule has 0 saturated carbocycles. The Kier molecular flexibility index (Phi) is 4.02. The van der Waals surface area contributed by atoms with E-state index < -0.39 is 6.10 Å². The highest BCUT2D eigenvalue weighted by atomic mass is 16.5. The predicted octanol–water partition coefficient (Wildman–Crippen LogP) is 3.12. The lowest BCUT2D eigenvalue weighted by atomic mass is 9.79. The van der Waals surface area contributed by atoms with Crippen LogP contribution in [0.1, 0.15) is 38.4 Å². The maximum absolute atomic E-state index is 10.5. The van der Waals surface area contributed by atoms with E-state index >= 15 is 0 Å². The van der Waals surface area contributed by atoms with Crippen LogP contribution in [-0.2, 0) is 0 Å². The minimum absolute atomic E-state index is 0.277. The largest absolute Gasteiger partial charge is 0.495 e. The molecule has 0 spiro atoms. The Bertz CT molecular complexity index is 442. The second-order valence-electron chi connectivity index (χ2n) is 5.29. The maximum atomic E-state index is 10.5. The second-order valence-corrected chi connectivity index (χ2v) is 5.29. The monoisotopic (exact) mass is 247 g/mol. The van der Waals surface area contributed by atoms with Crippen molar-refractivity contribution in [3.63, 3.8) is 0 Å². The van der Waals surface area contributed by atoms with Crippen molar-refractivity contribution in [2.24, 2.45) is 11.8 Å². The quantitative estimate of drug-likeness (QED) is 0.834. The van der Waals surface area contributed by atoms with Gasteiger partial charge in [0.25, 0.3) is 0 Å². The van der Waals surface area contributed by atoms with Gasteiger partial charge < -0.3 is 9.84 Å². The van der Waals surface area contributed by atoms with E-state index in [4.69, 9.17) is 4.74 Å². The van der Waals surface area contributed by atoms with E-state index in [1.165, 1.54) is 5.57 Å². The lowest BCUT2D eigenvalue weighted by Crippen LogP contribution is -2.19. The zero-order valence-corrected chi connectivity index (χ0v) is 11.3. The molecule has 1 heterocycles. The van der Waals surface area contributed by atoms with Gasteiger partial charge in [-0.3, -0.25) is 4.98 Å². The molecule has 3 unspecified atom stereocenters. The average Bonchev–Trinajstić information content (AvgIpc) is 2.37. The smallest absolute Gasteiger partial charge is 0.137 e. The maximum Gasteiger partial charge on any atom is 0.137 e. The minimum Gasteiger partial charge on any atom is -0.495 e. The average molecular weight is 247 g/mol. The molecule has 1 aromatic heterocycles. The third kappa shape index (κ3) is 2.91. The van der Waals surface area contributed by atoms with Crippen molar-refractivity contribution < 1.29 is 9.84 Å². The number of hydrogen-bond acceptors (Lipinski definition) is 3. The van der Waals surface area contributed by atoms with Crippen molar-refractivity contribution in [2.75, 3.05) is 7.11 Å². The molecule has 3 nitrogen and oxygen atoms in total. The molecule has 1 aliphatic rings. The van der Waals surface area contributed by atoms with Gasteiger partial charge in [-0.1, -0.05) is 18.6 Å². The number of pyridine rings is 1. The zero-order chi connectivity index (χ0) is 13.1. The number of hydrogen-bond donors (Lipinski definition) is 1. The first-order chi connectivity index (χ1) is 8.60. The van der Waals surface area contributed by atoms with Gasteiger partial charge in [0.1, 0.15) is 5.75 Å². The molecule has 0 saturated heterocycles. The fraction of sp³-hybridized carbons (Fsp3) is 0.533. The van der Waals surface area contributed by atoms with Crippen LogP contribution in [0.4, 0.5) is 0 Å². The number of ether oxygens (including phenoxy) is 1. The molecule has 1 N–H and O–H groups in total. The normalized spacial score (nSPS) is 25.4. The highest BCUT2D eigenvalue weighted by Crippen LogP contribution is 2.36. The number of nitrogens with zero attached hydrogens (tertiary/aromatic N) is 1. The first-order valence-corrected chi connectivity index (χ1v) is 6.44. The fourth-order valence-corrected chi connectivity index (χ4v) is 2.82. The Labute approximate surface area is 109 Å². The van der Waals surface area contributed by atoms with E-state index in [0.717, 1.165) is 18.4 Å². The Morgan fingerprint density at radius 2 is 2.22 bits per heavy atom. The van der Waals surface area contributed by atoms with E-state index in [0.29, 0.717) is 11.7 Å². The number of allylic oxidation sites excluding steroid dienone is 2. The summed E-state index contributed by atoms with van der Waals surface area (Å²) in [5, 5.41) is 10.5. The Morgan fingerprint density at radius 3 is 2.89 bits per heavy atom. The Morgan fingerprint density at radius 1 is 1.44 bits per heavy atom. The molecule has 18 heavy (non-hydrogen) atoms. The van der Waals surface area contributed by atoms with Crippen LogP contribution in [0.25, 0.3) is 0 Å². The Hall–Kier alpha value is -1.35. The molecule has 98 valence electrons. The topological polar surface area (TPSA) is 42.4 Å². The van der Waals surface area contributed by atoms with Gasteiger partial charge in [-0.25, -0.2) is 0 Å². The Balaban J connectivity index is 2.15. The summed E-state index contributed by atoms with van der Waals surface area (Å²) >= 11 is 0. The molecule has 1 aromatic rings. The summed E-state index contributed by atoms with van der Waals surface area (Å²) in [5.74, 6) is 1.51. The van der Waals surface area contributed by atoms with Crippen molar-refractivity contribution in [1.82, 2.24) is 4.98 Å². The van der Waals surface area contributed by atoms with Crippen LogP contribution >= 0.6 is 0 Å². The van der Waals surface area contributed by atoms with Gasteiger partial charge in [0.05, 0.1) is 19.4 Å². The number of aliphatic hydroxyl groups excluding tert-OH is 1. The van der Waals surface area contributed by atoms with Gasteiger partial charge in [-0.15, -0.1) is 0 Å². The van der Waals surface area contributed by atoms with Crippen molar-refractivity contribution in [1.29, 1.82) is 0 Å². The van der Waals surface area contributed by atoms with Crippen LogP contribution in [0, 0.1) is 11.8 Å². The zero-order valence-electron chi connectivity index (χ0n) is 11.3. The summed E-state index contributed by atoms with van der Waals surface area (Å²) in [7, 11) is 1.61. The number of rotatable bonds is 3. The van der Waals surface area contributed by atoms with Crippen molar-refractivity contribution in [3.05, 3.63) is 35.7 Å². The first kappa shape index (κ1) is 13.1. The molecule has 1 aliphatic carbocycles. The van der Waals surface area contributed by atoms with Crippen LogP contribution in [0.15, 0.2) is 30.1 Å². The summed E-state index contributed by atoms with van der Waals surface area (Å²) < 4.78 is 5.15. The lowest BCUT2D eigenvalue weighted by molar-refractivity contribution is 0.0927. The molecule has 2 rings (SSSR count). The first-order valence-electron chi connectivity index (χ1n) is 6.44. The lowest BCUT2D eigenvalue weighted by Gasteiger charge is -2.29. The summed E-state index contributed by atoms with van der Waals surface area (Å²) in [4.78, 5) is 4.11. The van der Waals surface area contributed by atoms with E-state index in [-0.39, 0.29) is 5.92 Å². The summed E-state index contributed by atoms with van der Waals surface area (Å²) in [6.07, 6.45) is 7.21. The summed E-state index contributed by atoms with van der Waals surface area (Å²) in [5.41, 5.74) is 2.22. The van der Waals surface area contributed by atoms with E-state index in [9.17, 15) is 5.11 Å². The SMILES string of the molecule is COc1cncc(C(O)C2CC(C)=CC(C)C2)c1. The fourth-order valence-electron chi connectivity index (χ4n) is 2.82. The van der Waals surface area contributed by atoms with Crippen molar-refractivity contribution >= 4 is 0 Å². The summed E-state index contributed by atoms with van der Waals surface area (Å²) in [6, 6.07) is 1.87. The number of methoxy groups -OCH3 is 1. The van der Waals surface area contributed by atoms with Crippen LogP contribution in [0.2, 0.25) is 0 Å². The minimum atomic E-state index is -0.460. The molecular weight excluding hydrogens is 226 g/mol. The van der Waals surface area contributed by atoms with Gasteiger partial charge in [0.2, 0.25) is 0 Å². The van der Waals surface area contributed by atoms with Gasteiger partial charge in [-0.05, 0) is 37.7 Å². The standard InChI is InChI=1S/C15H21NO2/c1-10-4-11(2)6-12(5-10)15(17)13-7-14(18-3)9-16-8-13/h4,7-10,12,15,17H,5-6H2,1-3H3. The predicted molar refractivity (Wildman–Crippen MR) is 71.4 cm³/mol. The second kappa shape index (κ2) is 5.53. The molecule has 0 bridgehead atoms. The molecular formula is C15H21NO2. The molecule has 0 fully saturated rings. The highest BCUT2D eigenvalue weighted by molar-refractivity contribution is 5.26. The molecule has 0 aliphatic heterocycles. The van der Waals surface area contributed by atoms with Crippen molar-refractivity contribution in [2.45, 2.75) is 32.8 Å². The van der Waals surface area contributed by atoms with Gasteiger partial charge in [0.15, 0.2) is 0 Å². The van der Waals surface area contributed by atoms with Gasteiger partial charge in [-0.2, -0.15) is 0 Å². The molecule has 0 amide bonds. The molecule has 3 atom stereocenters. The van der Waals surface area contributed by atoms with E-state index in [2.05, 4.69) is 24.9 Å². The van der Waals surface area contributed by atoms with Crippen LogP contribution in [0.3, 0.4) is 0 Å². The molecule has 3 heteroatoms. The summed E-state index contributed by atoms with van der Waals surface area (Å²) in [6.45, 7) is 4.34. The molecule has 0 aromatic carbocycles. The third-order valence-electron chi connectivity index (χ3n) is 3.59. The van der Waals surface area contributed by atoms with Crippen molar-refractivity contribution in [3.8, 4) is 5.75 Å². The van der Waals surface area contributed by atoms with Gasteiger partial charge in [0, 0.05) is 11.8 Å². The molecule has 0 radical (unpaired) electrons. The van der Waals surface area contributed by atoms with E-state index in [1.54, 1.807) is 19.5 Å². The number of aliphatic hydroxyl groups is 1. The number of aromatic nitrogens is 1.